The average Bonchev–Trinajstić information content (AvgIpc) is 2.69. The molecule has 28 heavy (non-hydrogen) atoms. The van der Waals surface area contributed by atoms with E-state index in [1.807, 2.05) is 0 Å². The predicted octanol–water partition coefficient (Wildman–Crippen LogP) is 4.06. The molecule has 2 aromatic rings. The van der Waals surface area contributed by atoms with Crippen LogP contribution in [-0.2, 0) is 19.5 Å². The first-order valence-corrected chi connectivity index (χ1v) is 10.6. The first-order valence-electron chi connectivity index (χ1n) is 10.6. The van der Waals surface area contributed by atoms with Gasteiger partial charge in [-0.3, -0.25) is 4.90 Å². The lowest BCUT2D eigenvalue weighted by Crippen LogP contribution is -2.35. The van der Waals surface area contributed by atoms with Crippen molar-refractivity contribution in [3.63, 3.8) is 0 Å². The van der Waals surface area contributed by atoms with Crippen LogP contribution in [-0.4, -0.2) is 40.6 Å². The van der Waals surface area contributed by atoms with Crippen LogP contribution in [0.15, 0.2) is 30.5 Å². The average molecular weight is 381 g/mol. The first-order chi connectivity index (χ1) is 13.6. The Kier molecular flexibility index (Phi) is 5.81. The molecule has 1 aromatic carbocycles. The lowest BCUT2D eigenvalue weighted by molar-refractivity contribution is 0.238. The molecule has 0 unspecified atom stereocenters. The Morgan fingerprint density at radius 2 is 1.86 bits per heavy atom. The van der Waals surface area contributed by atoms with Gasteiger partial charge in [-0.05, 0) is 50.3 Å². The maximum absolute atomic E-state index is 5.74. The van der Waals surface area contributed by atoms with Crippen LogP contribution in [0.2, 0.25) is 0 Å². The monoisotopic (exact) mass is 380 g/mol. The van der Waals surface area contributed by atoms with E-state index >= 15 is 0 Å². The summed E-state index contributed by atoms with van der Waals surface area (Å²) in [5.41, 5.74) is 3.83. The summed E-state index contributed by atoms with van der Waals surface area (Å²) in [7, 11) is 0. The minimum Gasteiger partial charge on any atom is -0.491 e. The molecule has 150 valence electrons. The third-order valence-corrected chi connectivity index (χ3v) is 5.77. The fourth-order valence-corrected chi connectivity index (χ4v) is 4.06. The minimum atomic E-state index is 0.211. The van der Waals surface area contributed by atoms with Crippen molar-refractivity contribution in [1.82, 2.24) is 14.9 Å². The molecule has 3 heterocycles. The summed E-state index contributed by atoms with van der Waals surface area (Å²) in [6.45, 7) is 11.5. The Balaban J connectivity index is 1.37. The summed E-state index contributed by atoms with van der Waals surface area (Å²) >= 11 is 0. The van der Waals surface area contributed by atoms with E-state index in [0.29, 0.717) is 0 Å². The molecule has 0 amide bonds. The Bertz CT molecular complexity index is 782. The Morgan fingerprint density at radius 3 is 2.57 bits per heavy atom. The molecule has 0 aliphatic carbocycles. The molecule has 0 radical (unpaired) electrons. The summed E-state index contributed by atoms with van der Waals surface area (Å²) in [5.74, 6) is 2.70. The summed E-state index contributed by atoms with van der Waals surface area (Å²) in [4.78, 5) is 14.4. The van der Waals surface area contributed by atoms with Gasteiger partial charge in [0.1, 0.15) is 5.75 Å². The molecule has 0 atom stereocenters. The highest BCUT2D eigenvalue weighted by Gasteiger charge is 2.22. The third kappa shape index (κ3) is 4.64. The molecule has 0 saturated carbocycles. The quantitative estimate of drug-likeness (QED) is 0.782. The van der Waals surface area contributed by atoms with Crippen LogP contribution in [0.25, 0.3) is 0 Å². The normalized spacial score (nSPS) is 18.4. The van der Waals surface area contributed by atoms with Crippen LogP contribution < -0.4 is 9.64 Å². The number of rotatable bonds is 5. The SMILES string of the molecule is CC1CCN(c2ncc3c(n2)CCN(Cc2ccc(OC(C)C)cc2)C3)CC1. The third-order valence-electron chi connectivity index (χ3n) is 5.77. The highest BCUT2D eigenvalue weighted by Crippen LogP contribution is 2.24. The second-order valence-corrected chi connectivity index (χ2v) is 8.58. The lowest BCUT2D eigenvalue weighted by atomic mass is 9.99. The standard InChI is InChI=1S/C23H32N4O/c1-17(2)28-21-6-4-19(5-7-21)15-26-11-10-22-20(16-26)14-24-23(25-22)27-12-8-18(3)9-13-27/h4-7,14,17-18H,8-13,15-16H2,1-3H3. The molecule has 0 bridgehead atoms. The van der Waals surface area contributed by atoms with Crippen LogP contribution in [0.1, 0.15) is 50.4 Å². The maximum atomic E-state index is 5.74. The predicted molar refractivity (Wildman–Crippen MR) is 113 cm³/mol. The van der Waals surface area contributed by atoms with Crippen molar-refractivity contribution in [2.75, 3.05) is 24.5 Å². The zero-order valence-electron chi connectivity index (χ0n) is 17.4. The number of ether oxygens (including phenoxy) is 1. The highest BCUT2D eigenvalue weighted by atomic mass is 16.5. The number of anilines is 1. The summed E-state index contributed by atoms with van der Waals surface area (Å²) < 4.78 is 5.74. The summed E-state index contributed by atoms with van der Waals surface area (Å²) in [5, 5.41) is 0. The van der Waals surface area contributed by atoms with Crippen molar-refractivity contribution in [2.45, 2.75) is 59.2 Å². The van der Waals surface area contributed by atoms with Crippen molar-refractivity contribution in [3.05, 3.63) is 47.3 Å². The van der Waals surface area contributed by atoms with Crippen LogP contribution in [0.3, 0.4) is 0 Å². The second-order valence-electron chi connectivity index (χ2n) is 8.58. The molecule has 4 rings (SSSR count). The maximum Gasteiger partial charge on any atom is 0.225 e. The van der Waals surface area contributed by atoms with Gasteiger partial charge in [0.05, 0.1) is 11.8 Å². The van der Waals surface area contributed by atoms with Gasteiger partial charge in [-0.2, -0.15) is 0 Å². The van der Waals surface area contributed by atoms with Crippen LogP contribution in [0.5, 0.6) is 5.75 Å². The van der Waals surface area contributed by atoms with E-state index in [9.17, 15) is 0 Å². The van der Waals surface area contributed by atoms with E-state index in [0.717, 1.165) is 56.8 Å². The van der Waals surface area contributed by atoms with Gasteiger partial charge in [0.25, 0.3) is 0 Å². The fourth-order valence-electron chi connectivity index (χ4n) is 4.06. The molecular formula is C23H32N4O. The first kappa shape index (κ1) is 19.2. The molecule has 5 heteroatoms. The minimum absolute atomic E-state index is 0.211. The topological polar surface area (TPSA) is 41.5 Å². The van der Waals surface area contributed by atoms with E-state index in [2.05, 4.69) is 61.0 Å². The molecule has 2 aliphatic rings. The van der Waals surface area contributed by atoms with Gasteiger partial charge in [-0.1, -0.05) is 19.1 Å². The molecule has 0 spiro atoms. The van der Waals surface area contributed by atoms with Gasteiger partial charge in [0.15, 0.2) is 0 Å². The van der Waals surface area contributed by atoms with Crippen LogP contribution >= 0.6 is 0 Å². The van der Waals surface area contributed by atoms with Crippen molar-refractivity contribution >= 4 is 5.95 Å². The Hall–Kier alpha value is -2.14. The molecule has 2 aliphatic heterocycles. The van der Waals surface area contributed by atoms with Gasteiger partial charge < -0.3 is 9.64 Å². The lowest BCUT2D eigenvalue weighted by Gasteiger charge is -2.32. The van der Waals surface area contributed by atoms with Gasteiger partial charge in [-0.25, -0.2) is 9.97 Å². The number of hydrogen-bond donors (Lipinski definition) is 0. The van der Waals surface area contributed by atoms with Gasteiger partial charge >= 0.3 is 0 Å². The van der Waals surface area contributed by atoms with Crippen LogP contribution in [0.4, 0.5) is 5.95 Å². The van der Waals surface area contributed by atoms with E-state index in [1.54, 1.807) is 0 Å². The zero-order valence-corrected chi connectivity index (χ0v) is 17.4. The second kappa shape index (κ2) is 8.48. The number of fused-ring (bicyclic) bond motifs is 1. The Morgan fingerprint density at radius 1 is 1.11 bits per heavy atom. The number of hydrogen-bond acceptors (Lipinski definition) is 5. The molecule has 1 aromatic heterocycles. The molecule has 1 fully saturated rings. The number of piperidine rings is 1. The number of nitrogens with zero attached hydrogens (tertiary/aromatic N) is 4. The fraction of sp³-hybridized carbons (Fsp3) is 0.565. The van der Waals surface area contributed by atoms with Crippen molar-refractivity contribution < 1.29 is 4.74 Å². The van der Waals surface area contributed by atoms with Crippen molar-refractivity contribution in [3.8, 4) is 5.75 Å². The van der Waals surface area contributed by atoms with Crippen molar-refractivity contribution in [2.24, 2.45) is 5.92 Å². The van der Waals surface area contributed by atoms with E-state index in [-0.39, 0.29) is 6.10 Å². The number of aromatic nitrogens is 2. The van der Waals surface area contributed by atoms with E-state index < -0.39 is 0 Å². The van der Waals surface area contributed by atoms with Crippen LogP contribution in [0, 0.1) is 5.92 Å². The van der Waals surface area contributed by atoms with Gasteiger partial charge in [-0.15, -0.1) is 0 Å². The Labute approximate surface area is 168 Å². The smallest absolute Gasteiger partial charge is 0.225 e. The molecular weight excluding hydrogens is 348 g/mol. The van der Waals surface area contributed by atoms with Crippen molar-refractivity contribution in [1.29, 1.82) is 0 Å². The van der Waals surface area contributed by atoms with E-state index in [4.69, 9.17) is 14.7 Å². The van der Waals surface area contributed by atoms with E-state index in [1.165, 1.54) is 29.7 Å². The molecule has 0 N–H and O–H groups in total. The largest absolute Gasteiger partial charge is 0.491 e. The molecule has 1 saturated heterocycles. The van der Waals surface area contributed by atoms with Gasteiger partial charge in [0, 0.05) is 50.9 Å². The zero-order chi connectivity index (χ0) is 19.5. The summed E-state index contributed by atoms with van der Waals surface area (Å²) in [6.07, 6.45) is 5.76. The summed E-state index contributed by atoms with van der Waals surface area (Å²) in [6, 6.07) is 8.48. The molecule has 5 nitrogen and oxygen atoms in total. The highest BCUT2D eigenvalue weighted by molar-refractivity contribution is 5.35. The van der Waals surface area contributed by atoms with Gasteiger partial charge in [0.2, 0.25) is 5.95 Å². The number of benzene rings is 1.